The minimum atomic E-state index is -0.921. The zero-order valence-corrected chi connectivity index (χ0v) is 14.2. The van der Waals surface area contributed by atoms with Gasteiger partial charge in [-0.15, -0.1) is 0 Å². The lowest BCUT2D eigenvalue weighted by molar-refractivity contribution is -0.0584. The van der Waals surface area contributed by atoms with Crippen molar-refractivity contribution >= 4 is 17.8 Å². The second-order valence-electron chi connectivity index (χ2n) is 5.77. The molecule has 1 aliphatic heterocycles. The van der Waals surface area contributed by atoms with E-state index in [0.29, 0.717) is 10.8 Å². The summed E-state index contributed by atoms with van der Waals surface area (Å²) in [5, 5.41) is 0.427. The lowest BCUT2D eigenvalue weighted by Gasteiger charge is -2.12. The number of aromatic nitrogens is 1. The highest BCUT2D eigenvalue weighted by Crippen LogP contribution is 2.24. The first-order valence-electron chi connectivity index (χ1n) is 8.12. The smallest absolute Gasteiger partial charge is 0.365 e. The van der Waals surface area contributed by atoms with Crippen LogP contribution in [0.1, 0.15) is 31.1 Å². The molecule has 1 aromatic heterocycles. The van der Waals surface area contributed by atoms with Crippen molar-refractivity contribution in [1.29, 1.82) is 0 Å². The monoisotopic (exact) mass is 378 g/mol. The molecule has 138 valence electrons. The molecule has 7 nitrogen and oxygen atoms in total. The zero-order chi connectivity index (χ0) is 19.7. The number of imide groups is 1. The first-order chi connectivity index (χ1) is 13.5. The molecule has 0 radical (unpaired) electrons. The van der Waals surface area contributed by atoms with Crippen molar-refractivity contribution in [2.75, 3.05) is 0 Å². The molecule has 0 saturated heterocycles. The van der Waals surface area contributed by atoms with E-state index in [2.05, 4.69) is 4.98 Å². The molecule has 0 aliphatic carbocycles. The first-order valence-corrected chi connectivity index (χ1v) is 8.12. The number of fused-ring (bicyclic) bond motifs is 1. The fraction of sp³-hybridized carbons (Fsp3) is 0. The number of amides is 2. The van der Waals surface area contributed by atoms with Crippen molar-refractivity contribution in [2.24, 2.45) is 0 Å². The molecule has 28 heavy (non-hydrogen) atoms. The number of carbonyl (C=O) groups excluding carboxylic acids is 3. The van der Waals surface area contributed by atoms with Gasteiger partial charge in [0.2, 0.25) is 5.88 Å². The number of rotatable bonds is 4. The molecule has 2 heterocycles. The number of halogens is 1. The topological polar surface area (TPSA) is 85.8 Å². The molecule has 1 aliphatic rings. The number of ether oxygens (including phenoxy) is 1. The third-order valence-corrected chi connectivity index (χ3v) is 3.94. The van der Waals surface area contributed by atoms with Crippen molar-refractivity contribution in [3.8, 4) is 11.6 Å². The van der Waals surface area contributed by atoms with Crippen LogP contribution in [0.3, 0.4) is 0 Å². The molecule has 0 unspecified atom stereocenters. The standard InChI is InChI=1S/C20H11FN2O5/c21-13-6-8-14(9-7-13)27-17-10-5-12(11-22-17)20(26)28-23-18(24)15-3-1-2-4-16(15)19(23)25/h1-11H. The van der Waals surface area contributed by atoms with E-state index in [4.69, 9.17) is 9.57 Å². The van der Waals surface area contributed by atoms with Crippen molar-refractivity contribution in [3.05, 3.63) is 89.4 Å². The molecule has 2 amide bonds. The molecular weight excluding hydrogens is 367 g/mol. The van der Waals surface area contributed by atoms with Crippen LogP contribution in [-0.2, 0) is 4.84 Å². The van der Waals surface area contributed by atoms with Gasteiger partial charge < -0.3 is 9.57 Å². The van der Waals surface area contributed by atoms with Gasteiger partial charge in [0.15, 0.2) is 0 Å². The summed E-state index contributed by atoms with van der Waals surface area (Å²) in [6.07, 6.45) is 1.18. The molecule has 0 bridgehead atoms. The number of hydrogen-bond acceptors (Lipinski definition) is 6. The average molecular weight is 378 g/mol. The van der Waals surface area contributed by atoms with Crippen molar-refractivity contribution < 1.29 is 28.3 Å². The number of pyridine rings is 1. The Bertz CT molecular complexity index is 1050. The lowest BCUT2D eigenvalue weighted by atomic mass is 10.1. The van der Waals surface area contributed by atoms with E-state index in [0.717, 1.165) is 0 Å². The van der Waals surface area contributed by atoms with E-state index in [1.807, 2.05) is 0 Å². The molecule has 4 rings (SSSR count). The van der Waals surface area contributed by atoms with E-state index in [1.54, 1.807) is 12.1 Å². The van der Waals surface area contributed by atoms with Crippen LogP contribution in [0.5, 0.6) is 11.6 Å². The Labute approximate surface area is 157 Å². The Balaban J connectivity index is 1.45. The summed E-state index contributed by atoms with van der Waals surface area (Å²) >= 11 is 0. The third-order valence-electron chi connectivity index (χ3n) is 3.94. The Kier molecular flexibility index (Phi) is 4.29. The van der Waals surface area contributed by atoms with Gasteiger partial charge in [0, 0.05) is 12.3 Å². The van der Waals surface area contributed by atoms with Crippen LogP contribution < -0.4 is 4.74 Å². The summed E-state index contributed by atoms with van der Waals surface area (Å²) in [4.78, 5) is 45.6. The zero-order valence-electron chi connectivity index (χ0n) is 14.2. The second kappa shape index (κ2) is 6.92. The first kappa shape index (κ1) is 17.3. The number of hydrogen-bond donors (Lipinski definition) is 0. The van der Waals surface area contributed by atoms with Gasteiger partial charge in [-0.2, -0.15) is 0 Å². The maximum atomic E-state index is 12.9. The molecule has 0 saturated carbocycles. The molecule has 3 aromatic rings. The largest absolute Gasteiger partial charge is 0.439 e. The minimum absolute atomic E-state index is 0.0167. The van der Waals surface area contributed by atoms with Gasteiger partial charge in [-0.3, -0.25) is 9.59 Å². The van der Waals surface area contributed by atoms with E-state index >= 15 is 0 Å². The van der Waals surface area contributed by atoms with Crippen LogP contribution in [0, 0.1) is 5.82 Å². The van der Waals surface area contributed by atoms with Gasteiger partial charge in [0.1, 0.15) is 11.6 Å². The van der Waals surface area contributed by atoms with Crippen molar-refractivity contribution in [3.63, 3.8) is 0 Å². The Morgan fingerprint density at radius 3 is 2.11 bits per heavy atom. The number of benzene rings is 2. The molecule has 0 atom stereocenters. The number of carbonyl (C=O) groups is 3. The molecule has 0 spiro atoms. The predicted molar refractivity (Wildman–Crippen MR) is 93.1 cm³/mol. The van der Waals surface area contributed by atoms with Gasteiger partial charge in [0.25, 0.3) is 11.8 Å². The highest BCUT2D eigenvalue weighted by Gasteiger charge is 2.38. The summed E-state index contributed by atoms with van der Waals surface area (Å²) in [6, 6.07) is 14.3. The molecular formula is C20H11FN2O5. The van der Waals surface area contributed by atoms with Crippen LogP contribution in [0.4, 0.5) is 4.39 Å². The van der Waals surface area contributed by atoms with Gasteiger partial charge in [0.05, 0.1) is 16.7 Å². The maximum absolute atomic E-state index is 12.9. The van der Waals surface area contributed by atoms with Crippen LogP contribution in [-0.4, -0.2) is 27.8 Å². The second-order valence-corrected chi connectivity index (χ2v) is 5.77. The normalized spacial score (nSPS) is 12.7. The maximum Gasteiger partial charge on any atom is 0.365 e. The fourth-order valence-electron chi connectivity index (χ4n) is 2.57. The van der Waals surface area contributed by atoms with Gasteiger partial charge >= 0.3 is 5.97 Å². The third kappa shape index (κ3) is 3.18. The quantitative estimate of drug-likeness (QED) is 0.647. The van der Waals surface area contributed by atoms with Gasteiger partial charge in [-0.25, -0.2) is 14.2 Å². The van der Waals surface area contributed by atoms with E-state index in [1.165, 1.54) is 54.7 Å². The Hall–Kier alpha value is -4.07. The Morgan fingerprint density at radius 2 is 1.54 bits per heavy atom. The van der Waals surface area contributed by atoms with Crippen LogP contribution in [0.2, 0.25) is 0 Å². The van der Waals surface area contributed by atoms with Gasteiger partial charge in [-0.05, 0) is 42.5 Å². The molecule has 0 N–H and O–H groups in total. The Morgan fingerprint density at radius 1 is 0.893 bits per heavy atom. The number of nitrogens with zero attached hydrogens (tertiary/aromatic N) is 2. The molecule has 2 aromatic carbocycles. The van der Waals surface area contributed by atoms with E-state index in [-0.39, 0.29) is 22.6 Å². The molecule has 8 heteroatoms. The highest BCUT2D eigenvalue weighted by molar-refractivity contribution is 6.21. The van der Waals surface area contributed by atoms with Crippen LogP contribution >= 0.6 is 0 Å². The SMILES string of the molecule is O=C(ON1C(=O)c2ccccc2C1=O)c1ccc(Oc2ccc(F)cc2)nc1. The van der Waals surface area contributed by atoms with Crippen LogP contribution in [0.15, 0.2) is 66.9 Å². The van der Waals surface area contributed by atoms with Crippen molar-refractivity contribution in [1.82, 2.24) is 10.0 Å². The van der Waals surface area contributed by atoms with E-state index < -0.39 is 23.6 Å². The summed E-state index contributed by atoms with van der Waals surface area (Å²) in [5.74, 6) is -2.20. The summed E-state index contributed by atoms with van der Waals surface area (Å²) in [7, 11) is 0. The average Bonchev–Trinajstić information content (AvgIpc) is 2.95. The van der Waals surface area contributed by atoms with Crippen LogP contribution in [0.25, 0.3) is 0 Å². The van der Waals surface area contributed by atoms with E-state index in [9.17, 15) is 18.8 Å². The number of hydroxylamine groups is 2. The van der Waals surface area contributed by atoms with Crippen molar-refractivity contribution in [2.45, 2.75) is 0 Å². The molecule has 0 fully saturated rings. The van der Waals surface area contributed by atoms with Gasteiger partial charge in [-0.1, -0.05) is 17.2 Å². The summed E-state index contributed by atoms with van der Waals surface area (Å²) in [6.45, 7) is 0. The highest BCUT2D eigenvalue weighted by atomic mass is 19.1. The fourth-order valence-corrected chi connectivity index (χ4v) is 2.57. The summed E-state index contributed by atoms with van der Waals surface area (Å²) in [5.41, 5.74) is 0.353. The lowest BCUT2D eigenvalue weighted by Crippen LogP contribution is -2.32. The predicted octanol–water partition coefficient (Wildman–Crippen LogP) is 3.38. The minimum Gasteiger partial charge on any atom is -0.439 e. The summed E-state index contributed by atoms with van der Waals surface area (Å²) < 4.78 is 18.3.